The van der Waals surface area contributed by atoms with Gasteiger partial charge in [-0.15, -0.1) is 11.8 Å². The van der Waals surface area contributed by atoms with Crippen LogP contribution >= 0.6 is 23.4 Å². The van der Waals surface area contributed by atoms with E-state index in [-0.39, 0.29) is 18.4 Å². The number of hydrogen-bond acceptors (Lipinski definition) is 5. The highest BCUT2D eigenvalue weighted by atomic mass is 35.5. The average Bonchev–Trinajstić information content (AvgIpc) is 2.67. The van der Waals surface area contributed by atoms with Gasteiger partial charge in [0.15, 0.2) is 6.61 Å². The number of esters is 1. The molecule has 2 atom stereocenters. The Morgan fingerprint density at radius 1 is 1.25 bits per heavy atom. The molecule has 0 bridgehead atoms. The van der Waals surface area contributed by atoms with Crippen LogP contribution in [-0.4, -0.2) is 29.6 Å². The maximum atomic E-state index is 12.1. The lowest BCUT2D eigenvalue weighted by Gasteiger charge is -2.23. The van der Waals surface area contributed by atoms with Crippen LogP contribution in [0.2, 0.25) is 5.02 Å². The zero-order valence-electron chi connectivity index (χ0n) is 15.1. The summed E-state index contributed by atoms with van der Waals surface area (Å²) in [7, 11) is 0. The molecular weight excluding hydrogens is 400 g/mol. The summed E-state index contributed by atoms with van der Waals surface area (Å²) in [6.45, 7) is 1.41. The van der Waals surface area contributed by atoms with E-state index in [9.17, 15) is 14.4 Å². The van der Waals surface area contributed by atoms with Gasteiger partial charge in [-0.3, -0.25) is 14.4 Å². The van der Waals surface area contributed by atoms with Gasteiger partial charge in [0, 0.05) is 9.92 Å². The van der Waals surface area contributed by atoms with Gasteiger partial charge in [0.1, 0.15) is 0 Å². The van der Waals surface area contributed by atoms with E-state index in [1.54, 1.807) is 24.3 Å². The maximum Gasteiger partial charge on any atom is 0.307 e. The Bertz CT molecular complexity index is 905. The third-order valence-corrected chi connectivity index (χ3v) is 5.66. The number of rotatable bonds is 6. The van der Waals surface area contributed by atoms with Crippen molar-refractivity contribution in [3.05, 3.63) is 59.1 Å². The van der Waals surface area contributed by atoms with Gasteiger partial charge in [-0.2, -0.15) is 0 Å². The van der Waals surface area contributed by atoms with Crippen molar-refractivity contribution in [3.8, 4) is 0 Å². The molecule has 2 N–H and O–H groups in total. The number of amides is 2. The first kappa shape index (κ1) is 20.2. The summed E-state index contributed by atoms with van der Waals surface area (Å²) in [5, 5.41) is 5.51. The van der Waals surface area contributed by atoms with Crippen molar-refractivity contribution in [1.29, 1.82) is 0 Å². The molecule has 2 amide bonds. The maximum absolute atomic E-state index is 12.1. The minimum atomic E-state index is -0.599. The zero-order valence-corrected chi connectivity index (χ0v) is 16.7. The number of para-hydroxylation sites is 1. The van der Waals surface area contributed by atoms with E-state index < -0.39 is 23.7 Å². The van der Waals surface area contributed by atoms with Crippen molar-refractivity contribution < 1.29 is 19.1 Å². The molecule has 1 aliphatic rings. The summed E-state index contributed by atoms with van der Waals surface area (Å²) in [5.41, 5.74) is 1.58. The van der Waals surface area contributed by atoms with E-state index in [1.807, 2.05) is 31.2 Å². The lowest BCUT2D eigenvalue weighted by molar-refractivity contribution is -0.149. The van der Waals surface area contributed by atoms with Crippen molar-refractivity contribution in [2.75, 3.05) is 11.9 Å². The number of nitrogens with one attached hydrogen (secondary N) is 2. The summed E-state index contributed by atoms with van der Waals surface area (Å²) in [6.07, 6.45) is -0.109. The van der Waals surface area contributed by atoms with Crippen LogP contribution in [0.25, 0.3) is 0 Å². The van der Waals surface area contributed by atoms with E-state index in [0.29, 0.717) is 5.02 Å². The molecule has 0 fully saturated rings. The number of benzene rings is 2. The van der Waals surface area contributed by atoms with Crippen molar-refractivity contribution in [1.82, 2.24) is 5.32 Å². The van der Waals surface area contributed by atoms with Gasteiger partial charge in [0.05, 0.1) is 23.4 Å². The molecule has 0 unspecified atom stereocenters. The Balaban J connectivity index is 1.46. The highest BCUT2D eigenvalue weighted by Crippen LogP contribution is 2.36. The van der Waals surface area contributed by atoms with Gasteiger partial charge in [-0.25, -0.2) is 0 Å². The van der Waals surface area contributed by atoms with Crippen LogP contribution in [0.1, 0.15) is 24.9 Å². The van der Waals surface area contributed by atoms with Crippen LogP contribution < -0.4 is 10.6 Å². The Labute approximate surface area is 172 Å². The molecule has 1 aliphatic heterocycles. The molecule has 2 aromatic rings. The molecule has 0 radical (unpaired) electrons. The van der Waals surface area contributed by atoms with E-state index in [2.05, 4.69) is 10.6 Å². The number of carbonyl (C=O) groups is 3. The number of halogens is 1. The first-order chi connectivity index (χ1) is 13.4. The zero-order chi connectivity index (χ0) is 20.1. The molecule has 146 valence electrons. The summed E-state index contributed by atoms with van der Waals surface area (Å²) in [4.78, 5) is 37.1. The van der Waals surface area contributed by atoms with Gasteiger partial charge in [-0.05, 0) is 36.8 Å². The molecule has 6 nitrogen and oxygen atoms in total. The fourth-order valence-corrected chi connectivity index (χ4v) is 4.02. The Morgan fingerprint density at radius 2 is 2.04 bits per heavy atom. The molecule has 3 rings (SSSR count). The van der Waals surface area contributed by atoms with E-state index in [0.717, 1.165) is 16.1 Å². The molecule has 2 aromatic carbocycles. The molecule has 0 aromatic heterocycles. The lowest BCUT2D eigenvalue weighted by atomic mass is 10.1. The molecule has 0 spiro atoms. The van der Waals surface area contributed by atoms with Crippen LogP contribution in [0.5, 0.6) is 0 Å². The number of fused-ring (bicyclic) bond motifs is 1. The highest BCUT2D eigenvalue weighted by molar-refractivity contribution is 8.01. The monoisotopic (exact) mass is 418 g/mol. The quantitative estimate of drug-likeness (QED) is 0.700. The summed E-state index contributed by atoms with van der Waals surface area (Å²) < 4.78 is 5.03. The molecule has 28 heavy (non-hydrogen) atoms. The average molecular weight is 419 g/mol. The number of ether oxygens (including phenoxy) is 1. The standard InChI is InChI=1S/C20H19ClN2O4S/c1-12(13-5-4-6-14(21)9-13)22-18(24)11-27-19(25)10-17-20(26)23-15-7-2-3-8-16(15)28-17/h2-9,12,17H,10-11H2,1H3,(H,22,24)(H,23,26)/t12-,17+/m1/s1. The SMILES string of the molecule is C[C@@H](NC(=O)COC(=O)C[C@@H]1Sc2ccccc2NC1=O)c1cccc(Cl)c1. The third-order valence-electron chi connectivity index (χ3n) is 4.15. The van der Waals surface area contributed by atoms with Gasteiger partial charge in [-0.1, -0.05) is 35.9 Å². The van der Waals surface area contributed by atoms with Crippen molar-refractivity contribution in [2.45, 2.75) is 29.5 Å². The fraction of sp³-hybridized carbons (Fsp3) is 0.250. The number of thioether (sulfide) groups is 1. The van der Waals surface area contributed by atoms with Gasteiger partial charge in [0.25, 0.3) is 5.91 Å². The minimum absolute atomic E-state index is 0.109. The predicted octanol–water partition coefficient (Wildman–Crippen LogP) is 3.56. The highest BCUT2D eigenvalue weighted by Gasteiger charge is 2.29. The van der Waals surface area contributed by atoms with Gasteiger partial charge < -0.3 is 15.4 Å². The molecule has 0 saturated carbocycles. The smallest absolute Gasteiger partial charge is 0.307 e. The third kappa shape index (κ3) is 5.27. The summed E-state index contributed by atoms with van der Waals surface area (Å²) >= 11 is 7.26. The second-order valence-electron chi connectivity index (χ2n) is 6.30. The first-order valence-corrected chi connectivity index (χ1v) is 9.95. The minimum Gasteiger partial charge on any atom is -0.456 e. The summed E-state index contributed by atoms with van der Waals surface area (Å²) in [5.74, 6) is -1.27. The van der Waals surface area contributed by atoms with Crippen LogP contribution in [0.3, 0.4) is 0 Å². The van der Waals surface area contributed by atoms with Crippen LogP contribution in [0, 0.1) is 0 Å². The van der Waals surface area contributed by atoms with Crippen molar-refractivity contribution in [3.63, 3.8) is 0 Å². The second-order valence-corrected chi connectivity index (χ2v) is 7.98. The van der Waals surface area contributed by atoms with E-state index in [1.165, 1.54) is 11.8 Å². The molecule has 0 aliphatic carbocycles. The van der Waals surface area contributed by atoms with Crippen LogP contribution in [0.4, 0.5) is 5.69 Å². The van der Waals surface area contributed by atoms with Gasteiger partial charge in [0.2, 0.25) is 5.91 Å². The normalized spacial score (nSPS) is 16.5. The largest absolute Gasteiger partial charge is 0.456 e. The number of carbonyl (C=O) groups excluding carboxylic acids is 3. The predicted molar refractivity (Wildman–Crippen MR) is 108 cm³/mol. The Kier molecular flexibility index (Phi) is 6.59. The first-order valence-electron chi connectivity index (χ1n) is 8.69. The number of anilines is 1. The second kappa shape index (κ2) is 9.12. The number of hydrogen-bond donors (Lipinski definition) is 2. The van der Waals surface area contributed by atoms with Crippen molar-refractivity contribution in [2.24, 2.45) is 0 Å². The molecule has 8 heteroatoms. The van der Waals surface area contributed by atoms with E-state index in [4.69, 9.17) is 16.3 Å². The lowest BCUT2D eigenvalue weighted by Crippen LogP contribution is -2.34. The summed E-state index contributed by atoms with van der Waals surface area (Å²) in [6, 6.07) is 14.3. The fourth-order valence-electron chi connectivity index (χ4n) is 2.73. The molecule has 0 saturated heterocycles. The Hall–Kier alpha value is -2.51. The van der Waals surface area contributed by atoms with Crippen LogP contribution in [-0.2, 0) is 19.1 Å². The molecular formula is C20H19ClN2O4S. The van der Waals surface area contributed by atoms with Crippen LogP contribution in [0.15, 0.2) is 53.4 Å². The topological polar surface area (TPSA) is 84.5 Å². The van der Waals surface area contributed by atoms with E-state index >= 15 is 0 Å². The Morgan fingerprint density at radius 3 is 2.82 bits per heavy atom. The van der Waals surface area contributed by atoms with Gasteiger partial charge >= 0.3 is 5.97 Å². The van der Waals surface area contributed by atoms with Crippen molar-refractivity contribution >= 4 is 46.8 Å². The molecule has 1 heterocycles.